The molecule has 0 saturated heterocycles. The Morgan fingerprint density at radius 2 is 1.79 bits per heavy atom. The van der Waals surface area contributed by atoms with Gasteiger partial charge in [-0.3, -0.25) is 14.4 Å². The van der Waals surface area contributed by atoms with E-state index in [2.05, 4.69) is 6.08 Å². The van der Waals surface area contributed by atoms with E-state index in [4.69, 9.17) is 9.84 Å². The Kier molecular flexibility index (Phi) is 9.28. The third kappa shape index (κ3) is 7.83. The summed E-state index contributed by atoms with van der Waals surface area (Å²) in [6.45, 7) is 7.09. The van der Waals surface area contributed by atoms with Gasteiger partial charge in [0.15, 0.2) is 23.9 Å². The van der Waals surface area contributed by atoms with E-state index in [1.807, 2.05) is 39.8 Å². The zero-order chi connectivity index (χ0) is 24.5. The number of ketones is 3. The van der Waals surface area contributed by atoms with Crippen LogP contribution in [0.4, 0.5) is 0 Å². The number of carbonyl (C=O) groups excluding carboxylic acids is 3. The van der Waals surface area contributed by atoms with Gasteiger partial charge < -0.3 is 9.84 Å². The van der Waals surface area contributed by atoms with Crippen LogP contribution in [0.1, 0.15) is 47.0 Å². The van der Waals surface area contributed by atoms with Gasteiger partial charge in [0, 0.05) is 17.9 Å². The molecule has 1 atom stereocenters. The first-order valence-electron chi connectivity index (χ1n) is 10.8. The van der Waals surface area contributed by atoms with Crippen molar-refractivity contribution < 1.29 is 29.0 Å². The number of ether oxygens (including phenoxy) is 1. The zero-order valence-corrected chi connectivity index (χ0v) is 19.5. The second-order valence-corrected chi connectivity index (χ2v) is 8.50. The molecule has 0 aromatic rings. The molecule has 174 valence electrons. The lowest BCUT2D eigenvalue weighted by atomic mass is 9.88. The van der Waals surface area contributed by atoms with Crippen LogP contribution in [-0.4, -0.2) is 35.0 Å². The van der Waals surface area contributed by atoms with Crippen LogP contribution in [-0.2, 0) is 23.9 Å². The van der Waals surface area contributed by atoms with E-state index in [1.165, 1.54) is 23.8 Å². The first kappa shape index (κ1) is 25.7. The van der Waals surface area contributed by atoms with E-state index in [1.54, 1.807) is 12.2 Å². The maximum absolute atomic E-state index is 12.9. The van der Waals surface area contributed by atoms with Crippen molar-refractivity contribution >= 4 is 23.3 Å². The van der Waals surface area contributed by atoms with Gasteiger partial charge in [-0.05, 0) is 52.7 Å². The van der Waals surface area contributed by atoms with Crippen LogP contribution in [0.3, 0.4) is 0 Å². The van der Waals surface area contributed by atoms with Gasteiger partial charge >= 0.3 is 5.97 Å². The molecular formula is C27H30O6. The van der Waals surface area contributed by atoms with Crippen molar-refractivity contribution in [3.63, 3.8) is 0 Å². The van der Waals surface area contributed by atoms with Crippen molar-refractivity contribution in [1.29, 1.82) is 0 Å². The van der Waals surface area contributed by atoms with E-state index in [0.29, 0.717) is 18.4 Å². The molecule has 1 N–H and O–H groups in total. The zero-order valence-electron chi connectivity index (χ0n) is 19.5. The number of allylic oxidation sites excluding steroid dienone is 14. The predicted octanol–water partition coefficient (Wildman–Crippen LogP) is 4.76. The second kappa shape index (κ2) is 11.9. The van der Waals surface area contributed by atoms with E-state index in [9.17, 15) is 19.2 Å². The lowest BCUT2D eigenvalue weighted by molar-refractivity contribution is -0.141. The van der Waals surface area contributed by atoms with Gasteiger partial charge in [0.25, 0.3) is 0 Å². The van der Waals surface area contributed by atoms with Gasteiger partial charge in [0.2, 0.25) is 5.78 Å². The molecule has 2 aliphatic rings. The lowest BCUT2D eigenvalue weighted by Gasteiger charge is -2.19. The highest BCUT2D eigenvalue weighted by Crippen LogP contribution is 2.26. The van der Waals surface area contributed by atoms with Gasteiger partial charge in [-0.1, -0.05) is 53.2 Å². The molecule has 0 aromatic carbocycles. The molecule has 0 saturated carbocycles. The number of carboxylic acid groups (broad SMARTS) is 1. The van der Waals surface area contributed by atoms with Crippen LogP contribution in [0.2, 0.25) is 0 Å². The minimum absolute atomic E-state index is 0.0189. The summed E-state index contributed by atoms with van der Waals surface area (Å²) < 4.78 is 5.21. The van der Waals surface area contributed by atoms with E-state index in [-0.39, 0.29) is 23.5 Å². The Labute approximate surface area is 194 Å². The summed E-state index contributed by atoms with van der Waals surface area (Å²) in [6, 6.07) is 0. The molecule has 1 unspecified atom stereocenters. The molecule has 0 aliphatic heterocycles. The summed E-state index contributed by atoms with van der Waals surface area (Å²) in [5, 5.41) is 8.95. The summed E-state index contributed by atoms with van der Waals surface area (Å²) in [5.41, 5.74) is 3.59. The highest BCUT2D eigenvalue weighted by Gasteiger charge is 2.29. The van der Waals surface area contributed by atoms with Gasteiger partial charge in [0.1, 0.15) is 0 Å². The molecule has 0 fully saturated rings. The summed E-state index contributed by atoms with van der Waals surface area (Å²) in [5.74, 6) is -3.10. The van der Waals surface area contributed by atoms with Crippen LogP contribution in [0.15, 0.2) is 82.2 Å². The van der Waals surface area contributed by atoms with Crippen LogP contribution in [0.5, 0.6) is 0 Å². The SMILES string of the molecule is CC(C)=CCC1=CC=C(C=CC(=O)C2=C(OCC(=O)O)C(=O)C(CC=C(C)C)C=C2)C(=O)C1. The average Bonchev–Trinajstić information content (AvgIpc) is 2.74. The number of carboxylic acids is 1. The molecule has 0 radical (unpaired) electrons. The molecule has 2 aliphatic carbocycles. The maximum atomic E-state index is 12.9. The minimum atomic E-state index is -1.25. The van der Waals surface area contributed by atoms with Crippen LogP contribution in [0.25, 0.3) is 0 Å². The first-order valence-corrected chi connectivity index (χ1v) is 10.8. The van der Waals surface area contributed by atoms with Gasteiger partial charge in [-0.25, -0.2) is 4.79 Å². The molecular weight excluding hydrogens is 420 g/mol. The smallest absolute Gasteiger partial charge is 0.341 e. The van der Waals surface area contributed by atoms with E-state index < -0.39 is 30.1 Å². The van der Waals surface area contributed by atoms with Gasteiger partial charge in [-0.15, -0.1) is 0 Å². The van der Waals surface area contributed by atoms with Gasteiger partial charge in [0.05, 0.1) is 5.57 Å². The third-order valence-electron chi connectivity index (χ3n) is 5.08. The monoisotopic (exact) mass is 450 g/mol. The third-order valence-corrected chi connectivity index (χ3v) is 5.08. The predicted molar refractivity (Wildman–Crippen MR) is 126 cm³/mol. The molecule has 33 heavy (non-hydrogen) atoms. The number of aliphatic carboxylic acids is 1. The van der Waals surface area contributed by atoms with E-state index in [0.717, 1.165) is 11.1 Å². The Hall–Kier alpha value is -3.54. The topological polar surface area (TPSA) is 97.7 Å². The molecule has 6 heteroatoms. The Morgan fingerprint density at radius 1 is 1.09 bits per heavy atom. The summed E-state index contributed by atoms with van der Waals surface area (Å²) in [6.07, 6.45) is 14.7. The average molecular weight is 451 g/mol. The Bertz CT molecular complexity index is 1050. The fraction of sp³-hybridized carbons (Fsp3) is 0.333. The summed E-state index contributed by atoms with van der Waals surface area (Å²) >= 11 is 0. The Balaban J connectivity index is 2.24. The van der Waals surface area contributed by atoms with Crippen molar-refractivity contribution in [2.75, 3.05) is 6.61 Å². The second-order valence-electron chi connectivity index (χ2n) is 8.50. The maximum Gasteiger partial charge on any atom is 0.341 e. The first-order chi connectivity index (χ1) is 15.6. The fourth-order valence-corrected chi connectivity index (χ4v) is 3.25. The van der Waals surface area contributed by atoms with Crippen molar-refractivity contribution in [3.05, 3.63) is 82.2 Å². The van der Waals surface area contributed by atoms with Gasteiger partial charge in [-0.2, -0.15) is 0 Å². The largest absolute Gasteiger partial charge is 0.479 e. The highest BCUT2D eigenvalue weighted by atomic mass is 16.5. The van der Waals surface area contributed by atoms with Crippen molar-refractivity contribution in [1.82, 2.24) is 0 Å². The normalized spacial score (nSPS) is 18.1. The fourth-order valence-electron chi connectivity index (χ4n) is 3.25. The molecule has 0 spiro atoms. The number of hydrogen-bond acceptors (Lipinski definition) is 5. The number of Topliss-reactive ketones (excluding diaryl/α,β-unsaturated/α-hetero) is 2. The number of hydrogen-bond donors (Lipinski definition) is 1. The molecule has 6 nitrogen and oxygen atoms in total. The highest BCUT2D eigenvalue weighted by molar-refractivity contribution is 6.14. The van der Waals surface area contributed by atoms with Crippen molar-refractivity contribution in [2.45, 2.75) is 47.0 Å². The lowest BCUT2D eigenvalue weighted by Crippen LogP contribution is -2.24. The van der Waals surface area contributed by atoms with Crippen molar-refractivity contribution in [2.24, 2.45) is 5.92 Å². The Morgan fingerprint density at radius 3 is 2.39 bits per heavy atom. The van der Waals surface area contributed by atoms with Crippen molar-refractivity contribution in [3.8, 4) is 0 Å². The molecule has 0 bridgehead atoms. The molecule has 0 heterocycles. The molecule has 2 rings (SSSR count). The van der Waals surface area contributed by atoms with E-state index >= 15 is 0 Å². The molecule has 0 aromatic heterocycles. The summed E-state index contributed by atoms with van der Waals surface area (Å²) in [4.78, 5) is 49.1. The minimum Gasteiger partial charge on any atom is -0.479 e. The van der Waals surface area contributed by atoms with Crippen LogP contribution >= 0.6 is 0 Å². The standard InChI is InChI=1S/C27H30O6/c1-17(2)5-7-19-8-10-20(24(29)15-19)12-14-23(28)22-13-11-21(9-6-18(3)4)26(32)27(22)33-16-25(30)31/h5-6,8,10-14,21H,7,9,15-16H2,1-4H3,(H,30,31). The summed E-state index contributed by atoms with van der Waals surface area (Å²) in [7, 11) is 0. The van der Waals surface area contributed by atoms with Crippen LogP contribution < -0.4 is 0 Å². The van der Waals surface area contributed by atoms with Crippen LogP contribution in [0, 0.1) is 5.92 Å². The number of rotatable bonds is 10. The number of carbonyl (C=O) groups is 4. The molecule has 0 amide bonds. The quantitative estimate of drug-likeness (QED) is 0.381.